The van der Waals surface area contributed by atoms with E-state index < -0.39 is 0 Å². The number of fused-ring (bicyclic) bond motifs is 1. The van der Waals surface area contributed by atoms with Gasteiger partial charge in [-0.2, -0.15) is 0 Å². The first-order valence-electron chi connectivity index (χ1n) is 5.59. The van der Waals surface area contributed by atoms with Gasteiger partial charge in [0.1, 0.15) is 5.82 Å². The quantitative estimate of drug-likeness (QED) is 0.824. The van der Waals surface area contributed by atoms with Crippen LogP contribution in [0.1, 0.15) is 11.4 Å². The molecule has 2 heterocycles. The van der Waals surface area contributed by atoms with E-state index in [2.05, 4.69) is 9.97 Å². The Morgan fingerprint density at radius 3 is 2.83 bits per heavy atom. The SMILES string of the molecule is COc1cc(Cc2ncccn2)cc2c1OCO2. The molecule has 0 unspecified atom stereocenters. The number of nitrogens with zero attached hydrogens (tertiary/aromatic N) is 2. The van der Waals surface area contributed by atoms with Crippen LogP contribution in [0.5, 0.6) is 17.2 Å². The Hall–Kier alpha value is -2.30. The van der Waals surface area contributed by atoms with Crippen LogP contribution in [0.3, 0.4) is 0 Å². The van der Waals surface area contributed by atoms with Crippen molar-refractivity contribution >= 4 is 0 Å². The third-order valence-corrected chi connectivity index (χ3v) is 2.70. The molecule has 0 atom stereocenters. The summed E-state index contributed by atoms with van der Waals surface area (Å²) in [6.45, 7) is 0.233. The molecule has 1 aliphatic heterocycles. The fourth-order valence-corrected chi connectivity index (χ4v) is 1.89. The van der Waals surface area contributed by atoms with Crippen LogP contribution in [0.15, 0.2) is 30.6 Å². The van der Waals surface area contributed by atoms with Crippen molar-refractivity contribution in [1.82, 2.24) is 9.97 Å². The fraction of sp³-hybridized carbons (Fsp3) is 0.231. The molecule has 1 aromatic heterocycles. The number of rotatable bonds is 3. The van der Waals surface area contributed by atoms with Crippen LogP contribution in [0, 0.1) is 0 Å². The van der Waals surface area contributed by atoms with Gasteiger partial charge < -0.3 is 14.2 Å². The van der Waals surface area contributed by atoms with Gasteiger partial charge in [-0.05, 0) is 23.8 Å². The summed E-state index contributed by atoms with van der Waals surface area (Å²) in [5, 5.41) is 0. The molecule has 18 heavy (non-hydrogen) atoms. The van der Waals surface area contributed by atoms with Crippen LogP contribution in [-0.2, 0) is 6.42 Å². The van der Waals surface area contributed by atoms with Gasteiger partial charge in [0.05, 0.1) is 7.11 Å². The highest BCUT2D eigenvalue weighted by molar-refractivity contribution is 5.55. The third-order valence-electron chi connectivity index (χ3n) is 2.70. The van der Waals surface area contributed by atoms with Crippen LogP contribution in [0.4, 0.5) is 0 Å². The van der Waals surface area contributed by atoms with E-state index in [1.807, 2.05) is 12.1 Å². The standard InChI is InChI=1S/C13H12N2O3/c1-16-10-5-9(6-11-13(10)18-8-17-11)7-12-14-3-2-4-15-12/h2-6H,7-8H2,1H3. The van der Waals surface area contributed by atoms with Gasteiger partial charge in [0.25, 0.3) is 0 Å². The summed E-state index contributed by atoms with van der Waals surface area (Å²) >= 11 is 0. The molecular formula is C13H12N2O3. The van der Waals surface area contributed by atoms with Crippen LogP contribution in [0.25, 0.3) is 0 Å². The summed E-state index contributed by atoms with van der Waals surface area (Å²) in [6, 6.07) is 5.65. The molecule has 3 rings (SSSR count). The zero-order valence-electron chi connectivity index (χ0n) is 9.92. The lowest BCUT2D eigenvalue weighted by Gasteiger charge is -2.07. The molecule has 0 saturated heterocycles. The summed E-state index contributed by atoms with van der Waals surface area (Å²) < 4.78 is 16.0. The van der Waals surface area contributed by atoms with Crippen molar-refractivity contribution in [3.05, 3.63) is 42.0 Å². The third kappa shape index (κ3) is 1.95. The first-order chi connectivity index (χ1) is 8.86. The van der Waals surface area contributed by atoms with Crippen LogP contribution < -0.4 is 14.2 Å². The molecule has 2 aromatic rings. The Morgan fingerprint density at radius 1 is 1.22 bits per heavy atom. The van der Waals surface area contributed by atoms with Gasteiger partial charge in [-0.3, -0.25) is 0 Å². The lowest BCUT2D eigenvalue weighted by atomic mass is 10.1. The van der Waals surface area contributed by atoms with Crippen molar-refractivity contribution in [3.63, 3.8) is 0 Å². The van der Waals surface area contributed by atoms with E-state index in [0.29, 0.717) is 23.7 Å². The molecule has 5 nitrogen and oxygen atoms in total. The summed E-state index contributed by atoms with van der Waals surface area (Å²) in [5.74, 6) is 2.81. The summed E-state index contributed by atoms with van der Waals surface area (Å²) in [7, 11) is 1.61. The smallest absolute Gasteiger partial charge is 0.231 e. The van der Waals surface area contributed by atoms with Crippen molar-refractivity contribution in [1.29, 1.82) is 0 Å². The zero-order chi connectivity index (χ0) is 12.4. The van der Waals surface area contributed by atoms with Gasteiger partial charge in [0, 0.05) is 18.8 Å². The Morgan fingerprint density at radius 2 is 2.06 bits per heavy atom. The van der Waals surface area contributed by atoms with Gasteiger partial charge in [0.2, 0.25) is 12.5 Å². The van der Waals surface area contributed by atoms with Gasteiger partial charge in [-0.25, -0.2) is 9.97 Å². The molecule has 0 bridgehead atoms. The normalized spacial score (nSPS) is 12.5. The minimum atomic E-state index is 0.233. The van der Waals surface area contributed by atoms with E-state index in [1.165, 1.54) is 0 Å². The van der Waals surface area contributed by atoms with Crippen molar-refractivity contribution in [2.75, 3.05) is 13.9 Å². The second-order valence-electron chi connectivity index (χ2n) is 3.87. The number of benzene rings is 1. The average Bonchev–Trinajstić information content (AvgIpc) is 2.87. The summed E-state index contributed by atoms with van der Waals surface area (Å²) in [5.41, 5.74) is 1.03. The maximum atomic E-state index is 5.38. The van der Waals surface area contributed by atoms with Crippen LogP contribution in [-0.4, -0.2) is 23.9 Å². The highest BCUT2D eigenvalue weighted by Crippen LogP contribution is 2.42. The van der Waals surface area contributed by atoms with E-state index in [-0.39, 0.29) is 6.79 Å². The largest absolute Gasteiger partial charge is 0.493 e. The van der Waals surface area contributed by atoms with E-state index in [1.54, 1.807) is 25.6 Å². The Kier molecular flexibility index (Phi) is 2.72. The zero-order valence-corrected chi connectivity index (χ0v) is 9.92. The molecule has 0 aliphatic carbocycles. The van der Waals surface area contributed by atoms with E-state index in [9.17, 15) is 0 Å². The number of hydrogen-bond donors (Lipinski definition) is 0. The molecular weight excluding hydrogens is 232 g/mol. The second-order valence-corrected chi connectivity index (χ2v) is 3.87. The van der Waals surface area contributed by atoms with Gasteiger partial charge in [0.15, 0.2) is 11.5 Å². The number of methoxy groups -OCH3 is 1. The highest BCUT2D eigenvalue weighted by atomic mass is 16.7. The molecule has 1 aliphatic rings. The summed E-state index contributed by atoms with van der Waals surface area (Å²) in [4.78, 5) is 8.40. The van der Waals surface area contributed by atoms with Gasteiger partial charge in [-0.1, -0.05) is 0 Å². The molecule has 0 saturated carbocycles. The topological polar surface area (TPSA) is 53.5 Å². The maximum absolute atomic E-state index is 5.38. The fourth-order valence-electron chi connectivity index (χ4n) is 1.89. The Balaban J connectivity index is 1.94. The maximum Gasteiger partial charge on any atom is 0.231 e. The number of ether oxygens (including phenoxy) is 3. The Labute approximate surface area is 104 Å². The monoisotopic (exact) mass is 244 g/mol. The van der Waals surface area contributed by atoms with Gasteiger partial charge in [-0.15, -0.1) is 0 Å². The number of aromatic nitrogens is 2. The average molecular weight is 244 g/mol. The first-order valence-corrected chi connectivity index (χ1v) is 5.59. The van der Waals surface area contributed by atoms with Crippen LogP contribution >= 0.6 is 0 Å². The van der Waals surface area contributed by atoms with Crippen molar-refractivity contribution in [2.24, 2.45) is 0 Å². The molecule has 0 amide bonds. The predicted molar refractivity (Wildman–Crippen MR) is 64.0 cm³/mol. The van der Waals surface area contributed by atoms with Crippen molar-refractivity contribution < 1.29 is 14.2 Å². The van der Waals surface area contributed by atoms with Crippen molar-refractivity contribution in [2.45, 2.75) is 6.42 Å². The second kappa shape index (κ2) is 4.52. The molecule has 1 aromatic carbocycles. The molecule has 92 valence electrons. The molecule has 0 N–H and O–H groups in total. The molecule has 0 fully saturated rings. The van der Waals surface area contributed by atoms with E-state index >= 15 is 0 Å². The molecule has 0 spiro atoms. The van der Waals surface area contributed by atoms with Crippen LogP contribution in [0.2, 0.25) is 0 Å². The van der Waals surface area contributed by atoms with E-state index in [0.717, 1.165) is 11.4 Å². The Bertz CT molecular complexity index is 558. The predicted octanol–water partition coefficient (Wildman–Crippen LogP) is 1.80. The lowest BCUT2D eigenvalue weighted by molar-refractivity contribution is 0.171. The number of hydrogen-bond acceptors (Lipinski definition) is 5. The first kappa shape index (κ1) is 10.8. The van der Waals surface area contributed by atoms with Gasteiger partial charge >= 0.3 is 0 Å². The molecule has 5 heteroatoms. The van der Waals surface area contributed by atoms with Crippen molar-refractivity contribution in [3.8, 4) is 17.2 Å². The summed E-state index contributed by atoms with van der Waals surface area (Å²) in [6.07, 6.45) is 4.09. The highest BCUT2D eigenvalue weighted by Gasteiger charge is 2.20. The molecule has 0 radical (unpaired) electrons. The minimum absolute atomic E-state index is 0.233. The van der Waals surface area contributed by atoms with E-state index in [4.69, 9.17) is 14.2 Å². The lowest BCUT2D eigenvalue weighted by Crippen LogP contribution is -1.96. The minimum Gasteiger partial charge on any atom is -0.493 e.